The summed E-state index contributed by atoms with van der Waals surface area (Å²) in [6, 6.07) is 4.62. The largest absolute Gasteiger partial charge is 0.369 e. The highest BCUT2D eigenvalue weighted by Gasteiger charge is 2.22. The number of aromatic nitrogens is 1. The average molecular weight is 240 g/mol. The molecule has 1 fully saturated rings. The molecule has 1 aromatic rings. The summed E-state index contributed by atoms with van der Waals surface area (Å²) in [7, 11) is 2.20. The quantitative estimate of drug-likeness (QED) is 0.739. The van der Waals surface area contributed by atoms with Gasteiger partial charge in [-0.1, -0.05) is 18.5 Å². The van der Waals surface area contributed by atoms with Gasteiger partial charge in [0, 0.05) is 37.6 Å². The van der Waals surface area contributed by atoms with Crippen LogP contribution < -0.4 is 4.90 Å². The van der Waals surface area contributed by atoms with Gasteiger partial charge in [0.1, 0.15) is 5.15 Å². The van der Waals surface area contributed by atoms with E-state index in [-0.39, 0.29) is 0 Å². The molecule has 16 heavy (non-hydrogen) atoms. The zero-order valence-electron chi connectivity index (χ0n) is 9.86. The number of piperazine rings is 1. The maximum atomic E-state index is 5.91. The lowest BCUT2D eigenvalue weighted by molar-refractivity contribution is 0.213. The predicted octanol–water partition coefficient (Wildman–Crippen LogP) is 2.27. The molecule has 0 aliphatic carbocycles. The fourth-order valence-electron chi connectivity index (χ4n) is 2.21. The zero-order chi connectivity index (χ0) is 11.5. The van der Waals surface area contributed by atoms with Crippen LogP contribution in [0.2, 0.25) is 5.15 Å². The second-order valence-electron chi connectivity index (χ2n) is 4.33. The fourth-order valence-corrected chi connectivity index (χ4v) is 2.38. The summed E-state index contributed by atoms with van der Waals surface area (Å²) in [5, 5.41) is 0.574. The lowest BCUT2D eigenvalue weighted by Crippen LogP contribution is -2.51. The summed E-state index contributed by atoms with van der Waals surface area (Å²) >= 11 is 5.91. The molecular weight excluding hydrogens is 222 g/mol. The van der Waals surface area contributed by atoms with Gasteiger partial charge in [-0.3, -0.25) is 4.90 Å². The van der Waals surface area contributed by atoms with E-state index in [9.17, 15) is 0 Å². The van der Waals surface area contributed by atoms with Crippen molar-refractivity contribution in [1.29, 1.82) is 0 Å². The first-order chi connectivity index (χ1) is 7.70. The summed E-state index contributed by atoms with van der Waals surface area (Å²) in [5.74, 6) is 0. The Bertz CT molecular complexity index is 356. The Morgan fingerprint density at radius 3 is 3.00 bits per heavy atom. The smallest absolute Gasteiger partial charge is 0.131 e. The molecule has 0 saturated carbocycles. The fraction of sp³-hybridized carbons (Fsp3) is 0.583. The van der Waals surface area contributed by atoms with Crippen molar-refractivity contribution in [2.24, 2.45) is 0 Å². The topological polar surface area (TPSA) is 19.4 Å². The highest BCUT2D eigenvalue weighted by molar-refractivity contribution is 6.29. The van der Waals surface area contributed by atoms with Gasteiger partial charge in [-0.15, -0.1) is 0 Å². The van der Waals surface area contributed by atoms with E-state index in [2.05, 4.69) is 28.8 Å². The van der Waals surface area contributed by atoms with Gasteiger partial charge in [-0.2, -0.15) is 0 Å². The Kier molecular flexibility index (Phi) is 3.66. The van der Waals surface area contributed by atoms with E-state index in [0.717, 1.165) is 19.6 Å². The van der Waals surface area contributed by atoms with Gasteiger partial charge < -0.3 is 4.90 Å². The lowest BCUT2D eigenvalue weighted by atomic mass is 10.1. The highest BCUT2D eigenvalue weighted by Crippen LogP contribution is 2.21. The van der Waals surface area contributed by atoms with Gasteiger partial charge in [0.25, 0.3) is 0 Å². The van der Waals surface area contributed by atoms with Crippen LogP contribution in [-0.4, -0.2) is 42.6 Å². The van der Waals surface area contributed by atoms with Gasteiger partial charge in [0.05, 0.1) is 0 Å². The maximum absolute atomic E-state index is 5.91. The van der Waals surface area contributed by atoms with E-state index in [4.69, 9.17) is 11.6 Å². The third kappa shape index (κ3) is 2.47. The molecule has 0 amide bonds. The summed E-state index contributed by atoms with van der Waals surface area (Å²) < 4.78 is 0. The molecule has 2 heterocycles. The van der Waals surface area contributed by atoms with E-state index < -0.39 is 0 Å². The van der Waals surface area contributed by atoms with Crippen LogP contribution in [0.4, 0.5) is 5.69 Å². The molecule has 1 saturated heterocycles. The number of rotatable bonds is 2. The summed E-state index contributed by atoms with van der Waals surface area (Å²) in [6.07, 6.45) is 2.96. The minimum atomic E-state index is 0.574. The Labute approximate surface area is 102 Å². The van der Waals surface area contributed by atoms with E-state index in [1.165, 1.54) is 12.1 Å². The van der Waals surface area contributed by atoms with Crippen molar-refractivity contribution in [3.8, 4) is 0 Å². The van der Waals surface area contributed by atoms with Gasteiger partial charge in [-0.05, 0) is 25.6 Å². The SMILES string of the molecule is CCC1CN(c2ccnc(Cl)c2)CCN1C. The van der Waals surface area contributed by atoms with Crippen molar-refractivity contribution in [1.82, 2.24) is 9.88 Å². The van der Waals surface area contributed by atoms with E-state index in [1.807, 2.05) is 12.1 Å². The minimum absolute atomic E-state index is 0.574. The van der Waals surface area contributed by atoms with Crippen molar-refractivity contribution in [2.75, 3.05) is 31.6 Å². The Hall–Kier alpha value is -0.800. The number of likely N-dealkylation sites (N-methyl/N-ethyl adjacent to an activating group) is 1. The van der Waals surface area contributed by atoms with Crippen LogP contribution in [-0.2, 0) is 0 Å². The lowest BCUT2D eigenvalue weighted by Gasteiger charge is -2.40. The molecule has 2 rings (SSSR count). The Morgan fingerprint density at radius 1 is 1.50 bits per heavy atom. The normalized spacial score (nSPS) is 22.4. The van der Waals surface area contributed by atoms with Gasteiger partial charge in [-0.25, -0.2) is 4.98 Å². The molecule has 0 bridgehead atoms. The zero-order valence-corrected chi connectivity index (χ0v) is 10.6. The van der Waals surface area contributed by atoms with E-state index >= 15 is 0 Å². The first-order valence-corrected chi connectivity index (χ1v) is 6.15. The molecule has 0 N–H and O–H groups in total. The van der Waals surface area contributed by atoms with Crippen molar-refractivity contribution < 1.29 is 0 Å². The molecule has 0 aromatic carbocycles. The minimum Gasteiger partial charge on any atom is -0.369 e. The van der Waals surface area contributed by atoms with E-state index in [0.29, 0.717) is 11.2 Å². The highest BCUT2D eigenvalue weighted by atomic mass is 35.5. The number of hydrogen-bond donors (Lipinski definition) is 0. The van der Waals surface area contributed by atoms with Crippen molar-refractivity contribution in [3.05, 3.63) is 23.5 Å². The van der Waals surface area contributed by atoms with Gasteiger partial charge in [0.2, 0.25) is 0 Å². The molecule has 1 unspecified atom stereocenters. The second kappa shape index (κ2) is 5.02. The first-order valence-electron chi connectivity index (χ1n) is 5.77. The number of hydrogen-bond acceptors (Lipinski definition) is 3. The molecule has 1 aliphatic heterocycles. The molecule has 4 heteroatoms. The van der Waals surface area contributed by atoms with Gasteiger partial charge in [0.15, 0.2) is 0 Å². The Balaban J connectivity index is 2.11. The first kappa shape index (κ1) is 11.7. The van der Waals surface area contributed by atoms with Crippen LogP contribution in [0.3, 0.4) is 0 Å². The van der Waals surface area contributed by atoms with Crippen LogP contribution in [0.1, 0.15) is 13.3 Å². The van der Waals surface area contributed by atoms with Crippen LogP contribution in [0.5, 0.6) is 0 Å². The molecule has 1 atom stereocenters. The number of halogens is 1. The monoisotopic (exact) mass is 239 g/mol. The number of anilines is 1. The third-order valence-corrected chi connectivity index (χ3v) is 3.53. The number of nitrogens with zero attached hydrogens (tertiary/aromatic N) is 3. The van der Waals surface area contributed by atoms with E-state index in [1.54, 1.807) is 6.20 Å². The van der Waals surface area contributed by atoms with Crippen LogP contribution in [0, 0.1) is 0 Å². The molecule has 3 nitrogen and oxygen atoms in total. The van der Waals surface area contributed by atoms with Crippen LogP contribution in [0.25, 0.3) is 0 Å². The molecule has 0 radical (unpaired) electrons. The van der Waals surface area contributed by atoms with Crippen LogP contribution in [0.15, 0.2) is 18.3 Å². The molecular formula is C12H18ClN3. The van der Waals surface area contributed by atoms with Crippen molar-refractivity contribution >= 4 is 17.3 Å². The summed E-state index contributed by atoms with van der Waals surface area (Å²) in [6.45, 7) is 5.49. The van der Waals surface area contributed by atoms with Crippen molar-refractivity contribution in [2.45, 2.75) is 19.4 Å². The summed E-state index contributed by atoms with van der Waals surface area (Å²) in [5.41, 5.74) is 1.19. The molecule has 88 valence electrons. The van der Waals surface area contributed by atoms with Crippen molar-refractivity contribution in [3.63, 3.8) is 0 Å². The Morgan fingerprint density at radius 2 is 2.31 bits per heavy atom. The average Bonchev–Trinajstić information content (AvgIpc) is 2.29. The predicted molar refractivity (Wildman–Crippen MR) is 68.2 cm³/mol. The molecule has 1 aliphatic rings. The molecule has 0 spiro atoms. The summed E-state index contributed by atoms with van der Waals surface area (Å²) in [4.78, 5) is 8.84. The van der Waals surface area contributed by atoms with Gasteiger partial charge >= 0.3 is 0 Å². The third-order valence-electron chi connectivity index (χ3n) is 3.32. The standard InChI is InChI=1S/C12H18ClN3/c1-3-10-9-16(7-6-15(10)2)11-4-5-14-12(13)8-11/h4-5,8,10H,3,6-7,9H2,1-2H3. The molecule has 1 aromatic heterocycles. The number of pyridine rings is 1. The maximum Gasteiger partial charge on any atom is 0.131 e. The second-order valence-corrected chi connectivity index (χ2v) is 4.71. The van der Waals surface area contributed by atoms with Crippen LogP contribution >= 0.6 is 11.6 Å².